The monoisotopic (exact) mass is 276 g/mol. The predicted molar refractivity (Wildman–Crippen MR) is 69.2 cm³/mol. The van der Waals surface area contributed by atoms with Gasteiger partial charge in [-0.05, 0) is 13.8 Å². The summed E-state index contributed by atoms with van der Waals surface area (Å²) in [5, 5.41) is 0.0237. The zero-order valence-corrected chi connectivity index (χ0v) is 11.7. The second-order valence-corrected chi connectivity index (χ2v) is 6.16. The van der Waals surface area contributed by atoms with Crippen LogP contribution in [0.1, 0.15) is 12.7 Å². The van der Waals surface area contributed by atoms with Crippen molar-refractivity contribution in [2.24, 2.45) is 5.73 Å². The van der Waals surface area contributed by atoms with Crippen LogP contribution in [0.4, 0.5) is 0 Å². The smallest absolute Gasteiger partial charge is 0.262 e. The van der Waals surface area contributed by atoms with E-state index in [2.05, 4.69) is 4.98 Å². The number of aryl methyl sites for hydroxylation is 2. The summed E-state index contributed by atoms with van der Waals surface area (Å²) in [5.74, 6) is 0.662. The molecule has 0 bridgehead atoms. The summed E-state index contributed by atoms with van der Waals surface area (Å²) in [5.41, 5.74) is 5.33. The predicted octanol–water partition coefficient (Wildman–Crippen LogP) is 0.118. The quantitative estimate of drug-likeness (QED) is 0.772. The van der Waals surface area contributed by atoms with Gasteiger partial charge in [0.15, 0.2) is 5.03 Å². The second-order valence-electron chi connectivity index (χ2n) is 3.64. The first-order valence-electron chi connectivity index (χ1n) is 5.07. The molecule has 1 aromatic heterocycles. The summed E-state index contributed by atoms with van der Waals surface area (Å²) in [6, 6.07) is 0. The zero-order valence-electron chi connectivity index (χ0n) is 10.0. The molecule has 1 heterocycles. The normalized spacial score (nSPS) is 12.0. The van der Waals surface area contributed by atoms with E-state index in [4.69, 9.17) is 18.0 Å². The topological polar surface area (TPSA) is 81.2 Å². The Morgan fingerprint density at radius 3 is 2.65 bits per heavy atom. The molecule has 2 N–H and O–H groups in total. The van der Waals surface area contributed by atoms with Crippen LogP contribution in [0.5, 0.6) is 0 Å². The molecule has 0 aliphatic heterocycles. The van der Waals surface area contributed by atoms with E-state index in [1.165, 1.54) is 13.2 Å². The van der Waals surface area contributed by atoms with Gasteiger partial charge in [0.05, 0.1) is 11.5 Å². The first-order valence-corrected chi connectivity index (χ1v) is 6.92. The lowest BCUT2D eigenvalue weighted by molar-refractivity contribution is 0.503. The van der Waals surface area contributed by atoms with Gasteiger partial charge in [0.1, 0.15) is 5.82 Å². The number of likely N-dealkylation sites (N-methyl/N-ethyl adjacent to an activating group) is 1. The Balaban J connectivity index is 3.08. The molecule has 1 rings (SSSR count). The SMILES string of the molecule is CCn1cc(S(=O)(=O)N(C)CC(N)=S)nc1C. The molecule has 0 saturated heterocycles. The minimum absolute atomic E-state index is 0.00962. The molecule has 0 aromatic carbocycles. The largest absolute Gasteiger partial charge is 0.392 e. The molecule has 0 spiro atoms. The molecule has 0 fully saturated rings. The number of aromatic nitrogens is 2. The molecule has 1 aromatic rings. The fourth-order valence-corrected chi connectivity index (χ4v) is 2.80. The molecule has 0 saturated carbocycles. The Morgan fingerprint density at radius 2 is 2.24 bits per heavy atom. The summed E-state index contributed by atoms with van der Waals surface area (Å²) in [7, 11) is -2.19. The van der Waals surface area contributed by atoms with Gasteiger partial charge in [-0.3, -0.25) is 0 Å². The van der Waals surface area contributed by atoms with Crippen molar-refractivity contribution in [2.45, 2.75) is 25.4 Å². The maximum atomic E-state index is 12.1. The van der Waals surface area contributed by atoms with Gasteiger partial charge in [-0.1, -0.05) is 12.2 Å². The van der Waals surface area contributed by atoms with E-state index in [0.29, 0.717) is 12.4 Å². The minimum atomic E-state index is -3.61. The standard InChI is InChI=1S/C9H16N4O2S2/c1-4-13-6-9(11-7(13)2)17(14,15)12(3)5-8(10)16/h6H,4-5H2,1-3H3,(H2,10,16). The van der Waals surface area contributed by atoms with Crippen molar-refractivity contribution in [3.63, 3.8) is 0 Å². The van der Waals surface area contributed by atoms with Crippen LogP contribution in [-0.4, -0.2) is 40.9 Å². The van der Waals surface area contributed by atoms with Crippen molar-refractivity contribution < 1.29 is 8.42 Å². The number of hydrogen-bond acceptors (Lipinski definition) is 4. The third-order valence-electron chi connectivity index (χ3n) is 2.35. The number of thiocarbonyl (C=S) groups is 1. The highest BCUT2D eigenvalue weighted by Gasteiger charge is 2.24. The first-order chi connectivity index (χ1) is 7.78. The molecule has 0 amide bonds. The van der Waals surface area contributed by atoms with E-state index in [-0.39, 0.29) is 16.6 Å². The molecule has 0 aliphatic carbocycles. The van der Waals surface area contributed by atoms with Crippen LogP contribution < -0.4 is 5.73 Å². The van der Waals surface area contributed by atoms with E-state index in [1.807, 2.05) is 6.92 Å². The summed E-state index contributed by atoms with van der Waals surface area (Å²) < 4.78 is 27.0. The van der Waals surface area contributed by atoms with Gasteiger partial charge in [0.2, 0.25) is 0 Å². The fraction of sp³-hybridized carbons (Fsp3) is 0.556. The van der Waals surface area contributed by atoms with Crippen LogP contribution in [-0.2, 0) is 16.6 Å². The number of hydrogen-bond donors (Lipinski definition) is 1. The van der Waals surface area contributed by atoms with Crippen molar-refractivity contribution in [1.82, 2.24) is 13.9 Å². The highest BCUT2D eigenvalue weighted by Crippen LogP contribution is 2.13. The number of nitrogens with zero attached hydrogens (tertiary/aromatic N) is 3. The van der Waals surface area contributed by atoms with Gasteiger partial charge in [0, 0.05) is 19.8 Å². The van der Waals surface area contributed by atoms with E-state index >= 15 is 0 Å². The Bertz CT molecular complexity index is 521. The van der Waals surface area contributed by atoms with Crippen LogP contribution in [0.15, 0.2) is 11.2 Å². The molecule has 0 aliphatic rings. The highest BCUT2D eigenvalue weighted by atomic mass is 32.2. The van der Waals surface area contributed by atoms with Gasteiger partial charge in [0.25, 0.3) is 10.0 Å². The average Bonchev–Trinajstić information content (AvgIpc) is 2.59. The molecule has 0 radical (unpaired) electrons. The van der Waals surface area contributed by atoms with Crippen molar-refractivity contribution in [3.05, 3.63) is 12.0 Å². The Morgan fingerprint density at radius 1 is 1.65 bits per heavy atom. The van der Waals surface area contributed by atoms with E-state index < -0.39 is 10.0 Å². The lowest BCUT2D eigenvalue weighted by atomic mass is 10.6. The van der Waals surface area contributed by atoms with Crippen LogP contribution in [0.2, 0.25) is 0 Å². The maximum absolute atomic E-state index is 12.1. The van der Waals surface area contributed by atoms with E-state index in [0.717, 1.165) is 4.31 Å². The maximum Gasteiger partial charge on any atom is 0.262 e. The lowest BCUT2D eigenvalue weighted by Crippen LogP contribution is -2.34. The average molecular weight is 276 g/mol. The fourth-order valence-electron chi connectivity index (χ4n) is 1.39. The molecule has 0 unspecified atom stereocenters. The van der Waals surface area contributed by atoms with Gasteiger partial charge < -0.3 is 10.3 Å². The molecular formula is C9H16N4O2S2. The van der Waals surface area contributed by atoms with Gasteiger partial charge in [-0.25, -0.2) is 13.4 Å². The summed E-state index contributed by atoms with van der Waals surface area (Å²) in [6.07, 6.45) is 1.51. The van der Waals surface area contributed by atoms with Crippen molar-refractivity contribution in [1.29, 1.82) is 0 Å². The third kappa shape index (κ3) is 3.02. The van der Waals surface area contributed by atoms with Crippen LogP contribution in [0, 0.1) is 6.92 Å². The first kappa shape index (κ1) is 14.1. The Hall–Kier alpha value is -0.990. The Kier molecular flexibility index (Phi) is 4.23. The number of nitrogens with two attached hydrogens (primary N) is 1. The molecule has 0 atom stereocenters. The van der Waals surface area contributed by atoms with E-state index in [9.17, 15) is 8.42 Å². The third-order valence-corrected chi connectivity index (χ3v) is 4.15. The summed E-state index contributed by atoms with van der Waals surface area (Å²) in [4.78, 5) is 4.16. The number of rotatable bonds is 5. The molecule has 8 heteroatoms. The second kappa shape index (κ2) is 5.11. The van der Waals surface area contributed by atoms with Gasteiger partial charge in [-0.15, -0.1) is 0 Å². The molecule has 6 nitrogen and oxygen atoms in total. The minimum Gasteiger partial charge on any atom is -0.392 e. The zero-order chi connectivity index (χ0) is 13.2. The summed E-state index contributed by atoms with van der Waals surface area (Å²) in [6.45, 7) is 4.36. The van der Waals surface area contributed by atoms with Gasteiger partial charge >= 0.3 is 0 Å². The Labute approximate surface area is 106 Å². The number of sulfonamides is 1. The van der Waals surface area contributed by atoms with Crippen molar-refractivity contribution in [3.8, 4) is 0 Å². The summed E-state index contributed by atoms with van der Waals surface area (Å²) >= 11 is 4.69. The van der Waals surface area contributed by atoms with Crippen molar-refractivity contribution in [2.75, 3.05) is 13.6 Å². The lowest BCUT2D eigenvalue weighted by Gasteiger charge is -2.14. The highest BCUT2D eigenvalue weighted by molar-refractivity contribution is 7.89. The van der Waals surface area contributed by atoms with Crippen molar-refractivity contribution >= 4 is 27.2 Å². The van der Waals surface area contributed by atoms with E-state index in [1.54, 1.807) is 11.5 Å². The van der Waals surface area contributed by atoms with Crippen LogP contribution >= 0.6 is 12.2 Å². The molecule has 96 valence electrons. The molecular weight excluding hydrogens is 260 g/mol. The molecule has 17 heavy (non-hydrogen) atoms. The number of imidazole rings is 1. The van der Waals surface area contributed by atoms with Gasteiger partial charge in [-0.2, -0.15) is 4.31 Å². The van der Waals surface area contributed by atoms with Crippen LogP contribution in [0.3, 0.4) is 0 Å². The van der Waals surface area contributed by atoms with Crippen LogP contribution in [0.25, 0.3) is 0 Å².